The zero-order valence-electron chi connectivity index (χ0n) is 17.8. The first kappa shape index (κ1) is 21.3. The van der Waals surface area contributed by atoms with Crippen molar-refractivity contribution in [2.45, 2.75) is 45.1 Å². The number of ether oxygens (including phenoxy) is 1. The second-order valence-electron chi connectivity index (χ2n) is 8.79. The summed E-state index contributed by atoms with van der Waals surface area (Å²) in [5.74, 6) is 0.351. The van der Waals surface area contributed by atoms with Crippen molar-refractivity contribution in [3.8, 4) is 5.75 Å². The average molecular weight is 473 g/mol. The molecule has 1 spiro atoms. The molecule has 0 saturated carbocycles. The van der Waals surface area contributed by atoms with Crippen molar-refractivity contribution in [1.82, 2.24) is 10.1 Å². The number of halogens is 2. The number of likely N-dealkylation sites (tertiary alicyclic amines) is 1. The number of amides is 1. The Kier molecular flexibility index (Phi) is 5.18. The standard InChI is InChI=1S/C24H22Cl2N2O4/c1-13-7-14(2)22-16(8-13)19(27-32-22)11-21(30)28-5-3-24(4-6-28)12-20(29)17-9-15(25)10-18(26)23(17)31-24/h7-10H,3-6,11-12H2,1-2H3. The quantitative estimate of drug-likeness (QED) is 0.504. The topological polar surface area (TPSA) is 72.6 Å². The number of hydrogen-bond acceptors (Lipinski definition) is 5. The molecule has 2 aliphatic heterocycles. The van der Waals surface area contributed by atoms with Gasteiger partial charge in [-0.15, -0.1) is 0 Å². The number of rotatable bonds is 2. The van der Waals surface area contributed by atoms with Crippen LogP contribution in [-0.2, 0) is 11.2 Å². The van der Waals surface area contributed by atoms with Gasteiger partial charge in [0, 0.05) is 36.3 Å². The summed E-state index contributed by atoms with van der Waals surface area (Å²) in [5, 5.41) is 5.78. The van der Waals surface area contributed by atoms with Crippen molar-refractivity contribution in [1.29, 1.82) is 0 Å². The second-order valence-corrected chi connectivity index (χ2v) is 9.64. The second kappa shape index (κ2) is 7.78. The lowest BCUT2D eigenvalue weighted by Crippen LogP contribution is -2.52. The Labute approximate surface area is 195 Å². The number of ketones is 1. The Morgan fingerprint density at radius 3 is 2.66 bits per heavy atom. The van der Waals surface area contributed by atoms with Crippen molar-refractivity contribution >= 4 is 45.9 Å². The third kappa shape index (κ3) is 3.65. The smallest absolute Gasteiger partial charge is 0.228 e. The Hall–Kier alpha value is -2.57. The summed E-state index contributed by atoms with van der Waals surface area (Å²) in [6.45, 7) is 4.99. The van der Waals surface area contributed by atoms with Gasteiger partial charge in [-0.1, -0.05) is 34.4 Å². The fourth-order valence-corrected chi connectivity index (χ4v) is 5.31. The number of Topliss-reactive ketones (excluding diaryl/α,β-unsaturated/α-hetero) is 1. The van der Waals surface area contributed by atoms with E-state index in [9.17, 15) is 9.59 Å². The first-order valence-corrected chi connectivity index (χ1v) is 11.3. The monoisotopic (exact) mass is 472 g/mol. The summed E-state index contributed by atoms with van der Waals surface area (Å²) in [6.07, 6.45) is 1.54. The van der Waals surface area contributed by atoms with Crippen LogP contribution < -0.4 is 4.74 Å². The van der Waals surface area contributed by atoms with E-state index in [1.54, 1.807) is 17.0 Å². The van der Waals surface area contributed by atoms with Crippen LogP contribution in [0.2, 0.25) is 10.0 Å². The van der Waals surface area contributed by atoms with Gasteiger partial charge in [0.25, 0.3) is 0 Å². The van der Waals surface area contributed by atoms with Gasteiger partial charge in [-0.25, -0.2) is 0 Å². The molecule has 1 aromatic heterocycles. The van der Waals surface area contributed by atoms with E-state index in [1.807, 2.05) is 26.0 Å². The molecule has 2 aromatic carbocycles. The van der Waals surface area contributed by atoms with Crippen LogP contribution in [0.5, 0.6) is 5.75 Å². The maximum Gasteiger partial charge on any atom is 0.228 e. The average Bonchev–Trinajstić information content (AvgIpc) is 3.12. The summed E-state index contributed by atoms with van der Waals surface area (Å²) in [5.41, 5.74) is 3.26. The van der Waals surface area contributed by atoms with Crippen LogP contribution in [0, 0.1) is 13.8 Å². The fourth-order valence-electron chi connectivity index (χ4n) is 4.78. The van der Waals surface area contributed by atoms with Crippen molar-refractivity contribution in [3.05, 3.63) is 56.7 Å². The summed E-state index contributed by atoms with van der Waals surface area (Å²) < 4.78 is 11.7. The third-order valence-electron chi connectivity index (χ3n) is 6.43. The van der Waals surface area contributed by atoms with Crippen LogP contribution in [0.4, 0.5) is 0 Å². The molecular weight excluding hydrogens is 451 g/mol. The van der Waals surface area contributed by atoms with Gasteiger partial charge < -0.3 is 14.2 Å². The molecule has 2 aliphatic rings. The highest BCUT2D eigenvalue weighted by Gasteiger charge is 2.44. The molecule has 0 aliphatic carbocycles. The highest BCUT2D eigenvalue weighted by Crippen LogP contribution is 2.44. The zero-order chi connectivity index (χ0) is 22.6. The van der Waals surface area contributed by atoms with Crippen molar-refractivity contribution in [3.63, 3.8) is 0 Å². The number of carbonyl (C=O) groups excluding carboxylic acids is 2. The minimum absolute atomic E-state index is 0.0124. The number of hydrogen-bond donors (Lipinski definition) is 0. The third-order valence-corrected chi connectivity index (χ3v) is 6.93. The number of piperidine rings is 1. The predicted octanol–water partition coefficient (Wildman–Crippen LogP) is 5.32. The molecule has 1 saturated heterocycles. The summed E-state index contributed by atoms with van der Waals surface area (Å²) in [7, 11) is 0. The Morgan fingerprint density at radius 1 is 1.16 bits per heavy atom. The lowest BCUT2D eigenvalue weighted by molar-refractivity contribution is -0.134. The number of aromatic nitrogens is 1. The predicted molar refractivity (Wildman–Crippen MR) is 122 cm³/mol. The molecule has 8 heteroatoms. The molecule has 1 fully saturated rings. The molecule has 5 rings (SSSR count). The number of fused-ring (bicyclic) bond motifs is 2. The van der Waals surface area contributed by atoms with Gasteiger partial charge in [0.2, 0.25) is 5.91 Å². The molecule has 166 valence electrons. The van der Waals surface area contributed by atoms with Gasteiger partial charge in [0.05, 0.1) is 23.4 Å². The molecule has 32 heavy (non-hydrogen) atoms. The van der Waals surface area contributed by atoms with E-state index in [4.69, 9.17) is 32.5 Å². The van der Waals surface area contributed by atoms with Crippen molar-refractivity contribution in [2.24, 2.45) is 0 Å². The Morgan fingerprint density at radius 2 is 1.91 bits per heavy atom. The van der Waals surface area contributed by atoms with Gasteiger partial charge in [0.15, 0.2) is 11.4 Å². The minimum atomic E-state index is -0.646. The van der Waals surface area contributed by atoms with E-state index in [0.29, 0.717) is 53.0 Å². The van der Waals surface area contributed by atoms with E-state index in [1.165, 1.54) is 0 Å². The summed E-state index contributed by atoms with van der Waals surface area (Å²) >= 11 is 12.3. The van der Waals surface area contributed by atoms with Gasteiger partial charge in [-0.2, -0.15) is 0 Å². The summed E-state index contributed by atoms with van der Waals surface area (Å²) in [6, 6.07) is 7.22. The molecule has 0 unspecified atom stereocenters. The van der Waals surface area contributed by atoms with Gasteiger partial charge in [-0.05, 0) is 43.2 Å². The van der Waals surface area contributed by atoms with Gasteiger partial charge in [-0.3, -0.25) is 9.59 Å². The SMILES string of the molecule is Cc1cc(C)c2onc(CC(=O)N3CCC4(CC3)CC(=O)c3cc(Cl)cc(Cl)c3O4)c2c1. The van der Waals surface area contributed by atoms with Crippen LogP contribution in [0.1, 0.15) is 46.4 Å². The van der Waals surface area contributed by atoms with E-state index in [-0.39, 0.29) is 24.5 Å². The van der Waals surface area contributed by atoms with E-state index in [2.05, 4.69) is 5.16 Å². The number of carbonyl (C=O) groups is 2. The Balaban J connectivity index is 1.30. The molecular formula is C24H22Cl2N2O4. The highest BCUT2D eigenvalue weighted by molar-refractivity contribution is 6.36. The molecule has 3 heterocycles. The van der Waals surface area contributed by atoms with Crippen LogP contribution in [0.25, 0.3) is 11.0 Å². The number of aryl methyl sites for hydroxylation is 2. The highest BCUT2D eigenvalue weighted by atomic mass is 35.5. The first-order chi connectivity index (χ1) is 15.2. The van der Waals surface area contributed by atoms with E-state index in [0.717, 1.165) is 22.1 Å². The van der Waals surface area contributed by atoms with Crippen LogP contribution in [-0.4, -0.2) is 40.4 Å². The molecule has 6 nitrogen and oxygen atoms in total. The maximum atomic E-state index is 13.0. The normalized spacial score (nSPS) is 17.5. The molecule has 1 amide bonds. The van der Waals surface area contributed by atoms with Gasteiger partial charge in [0.1, 0.15) is 17.0 Å². The lowest BCUT2D eigenvalue weighted by atomic mass is 9.82. The largest absolute Gasteiger partial charge is 0.484 e. The molecule has 0 N–H and O–H groups in total. The number of benzene rings is 2. The number of nitrogens with zero attached hydrogens (tertiary/aromatic N) is 2. The van der Waals surface area contributed by atoms with Crippen molar-refractivity contribution in [2.75, 3.05) is 13.1 Å². The lowest BCUT2D eigenvalue weighted by Gasteiger charge is -2.44. The zero-order valence-corrected chi connectivity index (χ0v) is 19.3. The maximum absolute atomic E-state index is 13.0. The molecule has 0 bridgehead atoms. The summed E-state index contributed by atoms with van der Waals surface area (Å²) in [4.78, 5) is 27.6. The van der Waals surface area contributed by atoms with Crippen LogP contribution in [0.3, 0.4) is 0 Å². The first-order valence-electron chi connectivity index (χ1n) is 10.6. The Bertz CT molecular complexity index is 1260. The van der Waals surface area contributed by atoms with E-state index < -0.39 is 5.60 Å². The van der Waals surface area contributed by atoms with Crippen molar-refractivity contribution < 1.29 is 18.8 Å². The van der Waals surface area contributed by atoms with Gasteiger partial charge >= 0.3 is 0 Å². The molecule has 0 atom stereocenters. The molecule has 3 aromatic rings. The molecule has 0 radical (unpaired) electrons. The van der Waals surface area contributed by atoms with Crippen LogP contribution in [0.15, 0.2) is 28.8 Å². The minimum Gasteiger partial charge on any atom is -0.484 e. The van der Waals surface area contributed by atoms with E-state index >= 15 is 0 Å². The fraction of sp³-hybridized carbons (Fsp3) is 0.375. The van der Waals surface area contributed by atoms with Crippen LogP contribution >= 0.6 is 23.2 Å².